The predicted octanol–water partition coefficient (Wildman–Crippen LogP) is 3.12. The third-order valence-corrected chi connectivity index (χ3v) is 4.71. The summed E-state index contributed by atoms with van der Waals surface area (Å²) in [5.74, 6) is -0.806. The Morgan fingerprint density at radius 2 is 2.15 bits per heavy atom. The number of carbonyl (C=O) groups is 2. The molecule has 1 fully saturated rings. The average Bonchev–Trinajstić information content (AvgIpc) is 2.88. The van der Waals surface area contributed by atoms with E-state index >= 15 is 0 Å². The fraction of sp³-hybridized carbons (Fsp3) is 0.353. The molecule has 1 aromatic rings. The van der Waals surface area contributed by atoms with Crippen LogP contribution < -0.4 is 9.47 Å². The zero-order valence-corrected chi connectivity index (χ0v) is 16.2. The van der Waals surface area contributed by atoms with Gasteiger partial charge in [0, 0.05) is 13.1 Å². The van der Waals surface area contributed by atoms with Gasteiger partial charge in [-0.1, -0.05) is 11.6 Å². The number of amides is 1. The van der Waals surface area contributed by atoms with E-state index in [0.29, 0.717) is 28.7 Å². The van der Waals surface area contributed by atoms with E-state index in [0.717, 1.165) is 0 Å². The molecule has 2 rings (SSSR count). The number of benzene rings is 1. The highest BCUT2D eigenvalue weighted by Crippen LogP contribution is 2.39. The molecule has 0 radical (unpaired) electrons. The van der Waals surface area contributed by atoms with E-state index in [1.807, 2.05) is 13.8 Å². The average molecular weight is 399 g/mol. The van der Waals surface area contributed by atoms with Gasteiger partial charge in [-0.25, -0.2) is 4.79 Å². The van der Waals surface area contributed by atoms with E-state index in [1.165, 1.54) is 18.9 Å². The van der Waals surface area contributed by atoms with Gasteiger partial charge in [0.05, 0.1) is 17.0 Å². The summed E-state index contributed by atoms with van der Waals surface area (Å²) in [7, 11) is 1.43. The minimum absolute atomic E-state index is 0.119. The standard InChI is InChI=1S/C17H19ClN2O5S/c1-4-19-17-20(5-2)16(23)13(26-17)8-10-6-11(18)15(12(7-10)24-3)25-9-14(21)22/h6-8H,4-5,9H2,1-3H3,(H,21,22)/b13-8+,19-17?. The number of likely N-dealkylation sites (N-methyl/N-ethyl adjacent to an activating group) is 1. The number of carbonyl (C=O) groups excluding carboxylic acids is 1. The molecular weight excluding hydrogens is 380 g/mol. The Labute approximate surface area is 160 Å². The van der Waals surface area contributed by atoms with E-state index in [9.17, 15) is 9.59 Å². The third kappa shape index (κ3) is 4.50. The third-order valence-electron chi connectivity index (χ3n) is 3.39. The van der Waals surface area contributed by atoms with E-state index in [1.54, 1.807) is 23.1 Å². The number of carboxylic acids is 1. The van der Waals surface area contributed by atoms with Crippen LogP contribution in [0.15, 0.2) is 22.0 Å². The lowest BCUT2D eigenvalue weighted by Crippen LogP contribution is -2.28. The van der Waals surface area contributed by atoms with Gasteiger partial charge in [-0.15, -0.1) is 0 Å². The largest absolute Gasteiger partial charge is 0.493 e. The molecule has 0 bridgehead atoms. The van der Waals surface area contributed by atoms with Crippen molar-refractivity contribution in [3.8, 4) is 11.5 Å². The number of rotatable bonds is 7. The molecule has 1 N–H and O–H groups in total. The second-order valence-corrected chi connectivity index (χ2v) is 6.55. The lowest BCUT2D eigenvalue weighted by Gasteiger charge is -2.12. The molecule has 0 aromatic heterocycles. The maximum Gasteiger partial charge on any atom is 0.341 e. The Morgan fingerprint density at radius 1 is 1.42 bits per heavy atom. The number of hydrogen-bond donors (Lipinski definition) is 1. The number of aliphatic imine (C=N–C) groups is 1. The maximum atomic E-state index is 12.5. The molecule has 1 amide bonds. The molecule has 0 atom stereocenters. The zero-order chi connectivity index (χ0) is 19.3. The van der Waals surface area contributed by atoms with Gasteiger partial charge in [-0.05, 0) is 49.4 Å². The molecule has 1 heterocycles. The van der Waals surface area contributed by atoms with Crippen LogP contribution in [-0.2, 0) is 9.59 Å². The van der Waals surface area contributed by atoms with Crippen molar-refractivity contribution in [1.29, 1.82) is 0 Å². The number of amidine groups is 1. The lowest BCUT2D eigenvalue weighted by molar-refractivity contribution is -0.139. The summed E-state index contributed by atoms with van der Waals surface area (Å²) < 4.78 is 10.4. The minimum Gasteiger partial charge on any atom is -0.493 e. The molecule has 1 saturated heterocycles. The van der Waals surface area contributed by atoms with Crippen LogP contribution >= 0.6 is 23.4 Å². The molecule has 1 aliphatic heterocycles. The topological polar surface area (TPSA) is 88.4 Å². The Hall–Kier alpha value is -2.19. The number of nitrogens with zero attached hydrogens (tertiary/aromatic N) is 2. The number of ether oxygens (including phenoxy) is 2. The van der Waals surface area contributed by atoms with Crippen LogP contribution in [0.1, 0.15) is 19.4 Å². The van der Waals surface area contributed by atoms with Crippen molar-refractivity contribution >= 4 is 46.5 Å². The van der Waals surface area contributed by atoms with Crippen molar-refractivity contribution in [2.75, 3.05) is 26.8 Å². The number of aliphatic carboxylic acids is 1. The molecule has 9 heteroatoms. The summed E-state index contributed by atoms with van der Waals surface area (Å²) in [5.41, 5.74) is 0.638. The molecule has 1 aliphatic rings. The van der Waals surface area contributed by atoms with Gasteiger partial charge in [0.1, 0.15) is 0 Å². The highest BCUT2D eigenvalue weighted by atomic mass is 35.5. The van der Waals surface area contributed by atoms with Gasteiger partial charge in [0.15, 0.2) is 23.3 Å². The Kier molecular flexibility index (Phi) is 6.93. The number of methoxy groups -OCH3 is 1. The Morgan fingerprint density at radius 3 is 2.73 bits per heavy atom. The van der Waals surface area contributed by atoms with Crippen molar-refractivity contribution in [2.45, 2.75) is 13.8 Å². The Balaban J connectivity index is 2.36. The molecule has 0 aliphatic carbocycles. The van der Waals surface area contributed by atoms with Gasteiger partial charge in [0.2, 0.25) is 0 Å². The highest BCUT2D eigenvalue weighted by molar-refractivity contribution is 8.18. The van der Waals surface area contributed by atoms with Gasteiger partial charge < -0.3 is 14.6 Å². The summed E-state index contributed by atoms with van der Waals surface area (Å²) in [6, 6.07) is 3.22. The summed E-state index contributed by atoms with van der Waals surface area (Å²) in [5, 5.41) is 9.61. The van der Waals surface area contributed by atoms with Crippen LogP contribution in [0.25, 0.3) is 6.08 Å². The van der Waals surface area contributed by atoms with Crippen molar-refractivity contribution < 1.29 is 24.2 Å². The first-order valence-electron chi connectivity index (χ1n) is 7.89. The summed E-state index contributed by atoms with van der Waals surface area (Å²) in [6.07, 6.45) is 1.70. The predicted molar refractivity (Wildman–Crippen MR) is 102 cm³/mol. The SMILES string of the molecule is CCN=C1S/C(=C/c2cc(Cl)c(OCC(=O)O)c(OC)c2)C(=O)N1CC. The van der Waals surface area contributed by atoms with Crippen molar-refractivity contribution in [1.82, 2.24) is 4.90 Å². The monoisotopic (exact) mass is 398 g/mol. The highest BCUT2D eigenvalue weighted by Gasteiger charge is 2.31. The summed E-state index contributed by atoms with van der Waals surface area (Å²) in [4.78, 5) is 29.7. The van der Waals surface area contributed by atoms with Gasteiger partial charge in [-0.2, -0.15) is 0 Å². The normalized spacial score (nSPS) is 17.2. The maximum absolute atomic E-state index is 12.5. The molecule has 26 heavy (non-hydrogen) atoms. The lowest BCUT2D eigenvalue weighted by atomic mass is 10.1. The first-order valence-corrected chi connectivity index (χ1v) is 9.08. The van der Waals surface area contributed by atoms with Crippen molar-refractivity contribution in [3.63, 3.8) is 0 Å². The number of hydrogen-bond acceptors (Lipinski definition) is 6. The minimum atomic E-state index is -1.12. The van der Waals surface area contributed by atoms with Crippen LogP contribution in [0.4, 0.5) is 0 Å². The quantitative estimate of drug-likeness (QED) is 0.710. The van der Waals surface area contributed by atoms with Crippen LogP contribution in [0.3, 0.4) is 0 Å². The van der Waals surface area contributed by atoms with Gasteiger partial charge in [-0.3, -0.25) is 14.7 Å². The summed E-state index contributed by atoms with van der Waals surface area (Å²) >= 11 is 7.50. The number of carboxylic acid groups (broad SMARTS) is 1. The molecule has 0 spiro atoms. The Bertz CT molecular complexity index is 779. The number of thioether (sulfide) groups is 1. The van der Waals surface area contributed by atoms with E-state index < -0.39 is 12.6 Å². The molecule has 0 saturated carbocycles. The molecule has 1 aromatic carbocycles. The number of halogens is 1. The molecule has 140 valence electrons. The first kappa shape index (κ1) is 20.1. The van der Waals surface area contributed by atoms with Gasteiger partial charge in [0.25, 0.3) is 5.91 Å². The fourth-order valence-corrected chi connectivity index (χ4v) is 3.67. The molecular formula is C17H19ClN2O5S. The molecule has 7 nitrogen and oxygen atoms in total. The van der Waals surface area contributed by atoms with Crippen molar-refractivity contribution in [3.05, 3.63) is 27.6 Å². The zero-order valence-electron chi connectivity index (χ0n) is 14.6. The molecule has 0 unspecified atom stereocenters. The van der Waals surface area contributed by atoms with Gasteiger partial charge >= 0.3 is 5.97 Å². The van der Waals surface area contributed by atoms with E-state index in [4.69, 9.17) is 26.2 Å². The van der Waals surface area contributed by atoms with E-state index in [2.05, 4.69) is 4.99 Å². The smallest absolute Gasteiger partial charge is 0.341 e. The van der Waals surface area contributed by atoms with Crippen LogP contribution in [0.2, 0.25) is 5.02 Å². The summed E-state index contributed by atoms with van der Waals surface area (Å²) in [6.45, 7) is 4.39. The fourth-order valence-electron chi connectivity index (χ4n) is 2.29. The van der Waals surface area contributed by atoms with Crippen LogP contribution in [-0.4, -0.2) is 53.9 Å². The van der Waals surface area contributed by atoms with Crippen LogP contribution in [0, 0.1) is 0 Å². The van der Waals surface area contributed by atoms with E-state index in [-0.39, 0.29) is 22.4 Å². The van der Waals surface area contributed by atoms with Crippen LogP contribution in [0.5, 0.6) is 11.5 Å². The second kappa shape index (κ2) is 8.95. The second-order valence-electron chi connectivity index (χ2n) is 5.13. The first-order chi connectivity index (χ1) is 12.4. The van der Waals surface area contributed by atoms with Crippen molar-refractivity contribution in [2.24, 2.45) is 4.99 Å².